The summed E-state index contributed by atoms with van der Waals surface area (Å²) in [6.45, 7) is 0. The minimum atomic E-state index is -0.633. The minimum absolute atomic E-state index is 0.633. The minimum Gasteiger partial charge on any atom is -0.451 e. The average Bonchev–Trinajstić information content (AvgIpc) is 2.45. The highest BCUT2D eigenvalue weighted by atomic mass is 79.9. The Morgan fingerprint density at radius 2 is 2.20 bits per heavy atom. The summed E-state index contributed by atoms with van der Waals surface area (Å²) < 4.78 is 5.86. The van der Waals surface area contributed by atoms with Gasteiger partial charge >= 0.3 is 0 Å². The Kier molecular flexibility index (Phi) is 1.20. The summed E-state index contributed by atoms with van der Waals surface area (Å²) in [5.74, 6) is 0.680. The van der Waals surface area contributed by atoms with Crippen molar-refractivity contribution in [3.8, 4) is 0 Å². The van der Waals surface area contributed by atoms with E-state index < -0.39 is 5.60 Å². The van der Waals surface area contributed by atoms with E-state index in [2.05, 4.69) is 15.9 Å². The molecule has 1 saturated carbocycles. The summed E-state index contributed by atoms with van der Waals surface area (Å²) in [5, 5.41) is 9.50. The van der Waals surface area contributed by atoms with Crippen molar-refractivity contribution in [2.75, 3.05) is 0 Å². The van der Waals surface area contributed by atoms with Crippen molar-refractivity contribution in [2.45, 2.75) is 18.4 Å². The standard InChI is InChI=1S/C7H7BrO2/c8-6-2-1-5(10-6)7(9)3-4-7/h1-2,9H,3-4H2. The zero-order chi connectivity index (χ0) is 7.19. The molecule has 1 aromatic rings. The fourth-order valence-electron chi connectivity index (χ4n) is 0.929. The normalized spacial score (nSPS) is 21.0. The molecule has 1 heterocycles. The van der Waals surface area contributed by atoms with Gasteiger partial charge in [-0.15, -0.1) is 0 Å². The molecule has 0 aliphatic heterocycles. The van der Waals surface area contributed by atoms with Crippen molar-refractivity contribution < 1.29 is 9.52 Å². The van der Waals surface area contributed by atoms with E-state index in [1.54, 1.807) is 12.1 Å². The lowest BCUT2D eigenvalue weighted by atomic mass is 10.2. The highest BCUT2D eigenvalue weighted by Crippen LogP contribution is 2.46. The molecule has 0 radical (unpaired) electrons. The van der Waals surface area contributed by atoms with Crippen LogP contribution in [0.2, 0.25) is 0 Å². The zero-order valence-corrected chi connectivity index (χ0v) is 6.89. The van der Waals surface area contributed by atoms with E-state index in [1.165, 1.54) is 0 Å². The fraction of sp³-hybridized carbons (Fsp3) is 0.429. The highest BCUT2D eigenvalue weighted by molar-refractivity contribution is 9.10. The third-order valence-corrected chi connectivity index (χ3v) is 2.18. The van der Waals surface area contributed by atoms with Crippen LogP contribution in [0.15, 0.2) is 21.2 Å². The first-order valence-electron chi connectivity index (χ1n) is 3.19. The van der Waals surface area contributed by atoms with Crippen molar-refractivity contribution in [1.29, 1.82) is 0 Å². The Bertz CT molecular complexity index is 250. The quantitative estimate of drug-likeness (QED) is 0.757. The highest BCUT2D eigenvalue weighted by Gasteiger charge is 2.45. The molecule has 0 amide bonds. The second kappa shape index (κ2) is 1.86. The predicted molar refractivity (Wildman–Crippen MR) is 39.5 cm³/mol. The van der Waals surface area contributed by atoms with E-state index in [0.717, 1.165) is 12.8 Å². The number of hydrogen-bond acceptors (Lipinski definition) is 2. The predicted octanol–water partition coefficient (Wildman–Crippen LogP) is 2.02. The average molecular weight is 203 g/mol. The van der Waals surface area contributed by atoms with Crippen LogP contribution in [0, 0.1) is 0 Å². The second-order valence-electron chi connectivity index (χ2n) is 2.64. The molecule has 2 nitrogen and oxygen atoms in total. The van der Waals surface area contributed by atoms with Crippen LogP contribution in [0.4, 0.5) is 0 Å². The number of furan rings is 1. The van der Waals surface area contributed by atoms with Crippen molar-refractivity contribution >= 4 is 15.9 Å². The van der Waals surface area contributed by atoms with Gasteiger partial charge in [-0.2, -0.15) is 0 Å². The van der Waals surface area contributed by atoms with Crippen LogP contribution in [-0.2, 0) is 5.60 Å². The summed E-state index contributed by atoms with van der Waals surface area (Å²) >= 11 is 3.17. The molecule has 1 aliphatic rings. The van der Waals surface area contributed by atoms with Gasteiger partial charge in [0.15, 0.2) is 4.67 Å². The molecule has 1 fully saturated rings. The summed E-state index contributed by atoms with van der Waals surface area (Å²) in [6, 6.07) is 3.60. The summed E-state index contributed by atoms with van der Waals surface area (Å²) in [4.78, 5) is 0. The number of halogens is 1. The summed E-state index contributed by atoms with van der Waals surface area (Å²) in [7, 11) is 0. The Morgan fingerprint density at radius 3 is 2.60 bits per heavy atom. The molecule has 3 heteroatoms. The van der Waals surface area contributed by atoms with Crippen LogP contribution in [-0.4, -0.2) is 5.11 Å². The third kappa shape index (κ3) is 0.896. The lowest BCUT2D eigenvalue weighted by molar-refractivity contribution is 0.122. The molecule has 0 unspecified atom stereocenters. The molecule has 1 aliphatic carbocycles. The maximum Gasteiger partial charge on any atom is 0.169 e. The molecule has 54 valence electrons. The Hall–Kier alpha value is -0.280. The monoisotopic (exact) mass is 202 g/mol. The van der Waals surface area contributed by atoms with Crippen LogP contribution in [0.5, 0.6) is 0 Å². The molecular weight excluding hydrogens is 196 g/mol. The van der Waals surface area contributed by atoms with Crippen LogP contribution in [0.3, 0.4) is 0 Å². The van der Waals surface area contributed by atoms with Crippen LogP contribution in [0.25, 0.3) is 0 Å². The first kappa shape index (κ1) is 6.43. The van der Waals surface area contributed by atoms with Gasteiger partial charge in [-0.25, -0.2) is 0 Å². The molecule has 2 rings (SSSR count). The molecule has 1 N–H and O–H groups in total. The maximum absolute atomic E-state index is 9.50. The molecule has 0 aromatic carbocycles. The molecule has 0 bridgehead atoms. The Morgan fingerprint density at radius 1 is 1.50 bits per heavy atom. The third-order valence-electron chi connectivity index (χ3n) is 1.76. The molecule has 0 saturated heterocycles. The van der Waals surface area contributed by atoms with Gasteiger partial charge < -0.3 is 9.52 Å². The van der Waals surface area contributed by atoms with Gasteiger partial charge in [-0.3, -0.25) is 0 Å². The molecule has 10 heavy (non-hydrogen) atoms. The topological polar surface area (TPSA) is 33.4 Å². The SMILES string of the molecule is OC1(c2ccc(Br)o2)CC1. The van der Waals surface area contributed by atoms with E-state index in [4.69, 9.17) is 4.42 Å². The Balaban J connectivity index is 2.34. The first-order valence-corrected chi connectivity index (χ1v) is 3.98. The van der Waals surface area contributed by atoms with E-state index in [9.17, 15) is 5.11 Å². The van der Waals surface area contributed by atoms with Crippen LogP contribution in [0.1, 0.15) is 18.6 Å². The summed E-state index contributed by atoms with van der Waals surface area (Å²) in [5.41, 5.74) is -0.633. The zero-order valence-electron chi connectivity index (χ0n) is 5.30. The Labute approximate surface area is 67.0 Å². The van der Waals surface area contributed by atoms with Gasteiger partial charge in [-0.05, 0) is 40.9 Å². The van der Waals surface area contributed by atoms with E-state index in [1.807, 2.05) is 0 Å². The second-order valence-corrected chi connectivity index (χ2v) is 3.42. The summed E-state index contributed by atoms with van der Waals surface area (Å²) in [6.07, 6.45) is 1.65. The van der Waals surface area contributed by atoms with Crippen molar-refractivity contribution in [3.05, 3.63) is 22.6 Å². The lowest BCUT2D eigenvalue weighted by Crippen LogP contribution is -2.00. The fourth-order valence-corrected chi connectivity index (χ4v) is 1.24. The van der Waals surface area contributed by atoms with Gasteiger partial charge in [0.25, 0.3) is 0 Å². The van der Waals surface area contributed by atoms with Crippen molar-refractivity contribution in [3.63, 3.8) is 0 Å². The van der Waals surface area contributed by atoms with Crippen LogP contribution >= 0.6 is 15.9 Å². The van der Waals surface area contributed by atoms with Gasteiger partial charge in [0.05, 0.1) is 0 Å². The molecular formula is C7H7BrO2. The molecule has 0 atom stereocenters. The lowest BCUT2D eigenvalue weighted by Gasteiger charge is -1.99. The maximum atomic E-state index is 9.50. The first-order chi connectivity index (χ1) is 4.71. The van der Waals surface area contributed by atoms with Gasteiger partial charge in [0.2, 0.25) is 0 Å². The van der Waals surface area contributed by atoms with Crippen molar-refractivity contribution in [2.24, 2.45) is 0 Å². The van der Waals surface area contributed by atoms with Gasteiger partial charge in [-0.1, -0.05) is 0 Å². The number of aliphatic hydroxyl groups is 1. The largest absolute Gasteiger partial charge is 0.451 e. The van der Waals surface area contributed by atoms with Gasteiger partial charge in [0, 0.05) is 0 Å². The van der Waals surface area contributed by atoms with Crippen molar-refractivity contribution in [1.82, 2.24) is 0 Å². The van der Waals surface area contributed by atoms with Gasteiger partial charge in [0.1, 0.15) is 11.4 Å². The van der Waals surface area contributed by atoms with Crippen LogP contribution < -0.4 is 0 Å². The molecule has 0 spiro atoms. The van der Waals surface area contributed by atoms with E-state index >= 15 is 0 Å². The molecule has 1 aromatic heterocycles. The number of hydrogen-bond donors (Lipinski definition) is 1. The van der Waals surface area contributed by atoms with E-state index in [0.29, 0.717) is 10.4 Å². The number of rotatable bonds is 1. The smallest absolute Gasteiger partial charge is 0.169 e. The van der Waals surface area contributed by atoms with E-state index in [-0.39, 0.29) is 0 Å².